The summed E-state index contributed by atoms with van der Waals surface area (Å²) in [7, 11) is 0. The first kappa shape index (κ1) is 22.6. The minimum absolute atomic E-state index is 0.0781. The number of anilines is 1. The summed E-state index contributed by atoms with van der Waals surface area (Å²) in [6.45, 7) is 7.72. The van der Waals surface area contributed by atoms with E-state index >= 15 is 0 Å². The molecule has 186 valence electrons. The van der Waals surface area contributed by atoms with E-state index in [1.54, 1.807) is 0 Å². The van der Waals surface area contributed by atoms with Crippen LogP contribution in [-0.2, 0) is 16.0 Å². The molecule has 0 radical (unpaired) electrons. The van der Waals surface area contributed by atoms with Gasteiger partial charge >= 0.3 is 0 Å². The number of aromatic nitrogens is 1. The van der Waals surface area contributed by atoms with E-state index in [0.29, 0.717) is 18.1 Å². The molecule has 1 N–H and O–H groups in total. The van der Waals surface area contributed by atoms with Gasteiger partial charge in [0.25, 0.3) is 0 Å². The Labute approximate surface area is 203 Å². The van der Waals surface area contributed by atoms with Crippen molar-refractivity contribution in [1.29, 1.82) is 0 Å². The smallest absolute Gasteiger partial charge is 0.225 e. The van der Waals surface area contributed by atoms with Crippen molar-refractivity contribution in [2.24, 2.45) is 17.3 Å². The lowest BCUT2D eigenvalue weighted by Gasteiger charge is -2.37. The van der Waals surface area contributed by atoms with Crippen LogP contribution in [0.3, 0.4) is 0 Å². The molecule has 6 rings (SSSR count). The summed E-state index contributed by atoms with van der Waals surface area (Å²) in [5.74, 6) is 3.24. The maximum Gasteiger partial charge on any atom is 0.225 e. The van der Waals surface area contributed by atoms with Crippen molar-refractivity contribution < 1.29 is 14.3 Å². The quantitative estimate of drug-likeness (QED) is 0.692. The van der Waals surface area contributed by atoms with Crippen molar-refractivity contribution in [3.63, 3.8) is 0 Å². The molecule has 1 spiro atoms. The third-order valence-electron chi connectivity index (χ3n) is 9.25. The molecule has 2 saturated carbocycles. The minimum atomic E-state index is 0.0781. The third-order valence-corrected chi connectivity index (χ3v) is 9.25. The van der Waals surface area contributed by atoms with Crippen LogP contribution in [0.15, 0.2) is 12.3 Å². The van der Waals surface area contributed by atoms with Gasteiger partial charge in [-0.3, -0.25) is 9.69 Å². The minimum Gasteiger partial charge on any atom is -0.489 e. The number of rotatable bonds is 6. The summed E-state index contributed by atoms with van der Waals surface area (Å²) in [5, 5.41) is 3.37. The summed E-state index contributed by atoms with van der Waals surface area (Å²) in [4.78, 5) is 22.3. The maximum absolute atomic E-state index is 12.6. The zero-order chi connectivity index (χ0) is 23.0. The lowest BCUT2D eigenvalue weighted by molar-refractivity contribution is -0.129. The van der Waals surface area contributed by atoms with E-state index in [2.05, 4.69) is 26.2 Å². The molecular weight excluding hydrogens is 428 g/mol. The third kappa shape index (κ3) is 4.66. The second kappa shape index (κ2) is 9.65. The van der Waals surface area contributed by atoms with Crippen molar-refractivity contribution in [3.05, 3.63) is 17.8 Å². The van der Waals surface area contributed by atoms with E-state index in [0.717, 1.165) is 76.1 Å². The van der Waals surface area contributed by atoms with Crippen LogP contribution < -0.4 is 15.0 Å². The molecular formula is C27H40N4O3. The van der Waals surface area contributed by atoms with E-state index in [1.165, 1.54) is 50.6 Å². The van der Waals surface area contributed by atoms with E-state index in [1.807, 2.05) is 6.20 Å². The molecule has 7 nitrogen and oxygen atoms in total. The van der Waals surface area contributed by atoms with Gasteiger partial charge in [-0.25, -0.2) is 4.98 Å². The van der Waals surface area contributed by atoms with Crippen LogP contribution in [0.5, 0.6) is 5.75 Å². The molecule has 0 aromatic carbocycles. The number of carbonyl (C=O) groups excluding carboxylic acids is 1. The van der Waals surface area contributed by atoms with Crippen LogP contribution in [0.25, 0.3) is 0 Å². The Morgan fingerprint density at radius 2 is 2.00 bits per heavy atom. The van der Waals surface area contributed by atoms with Gasteiger partial charge in [-0.05, 0) is 75.3 Å². The normalized spacial score (nSPS) is 33.4. The number of hydrogen-bond donors (Lipinski definition) is 1. The van der Waals surface area contributed by atoms with Crippen LogP contribution >= 0.6 is 0 Å². The highest BCUT2D eigenvalue weighted by Crippen LogP contribution is 2.57. The maximum atomic E-state index is 12.6. The topological polar surface area (TPSA) is 66.9 Å². The Hall–Kier alpha value is -1.86. The van der Waals surface area contributed by atoms with E-state index in [-0.39, 0.29) is 11.8 Å². The monoisotopic (exact) mass is 468 g/mol. The summed E-state index contributed by atoms with van der Waals surface area (Å²) >= 11 is 0. The molecule has 4 heterocycles. The number of nitrogens with one attached hydrogen (secondary N) is 1. The molecule has 0 bridgehead atoms. The van der Waals surface area contributed by atoms with Crippen LogP contribution in [0.2, 0.25) is 0 Å². The first-order valence-corrected chi connectivity index (χ1v) is 13.7. The van der Waals surface area contributed by atoms with Gasteiger partial charge in [0.05, 0.1) is 19.1 Å². The molecule has 7 heteroatoms. The van der Waals surface area contributed by atoms with E-state index in [4.69, 9.17) is 9.47 Å². The average molecular weight is 469 g/mol. The number of pyridine rings is 1. The number of amides is 1. The molecule has 1 aromatic rings. The number of piperazine rings is 1. The van der Waals surface area contributed by atoms with Gasteiger partial charge in [-0.1, -0.05) is 0 Å². The second-order valence-electron chi connectivity index (χ2n) is 11.3. The molecule has 2 saturated heterocycles. The molecule has 1 aromatic heterocycles. The fourth-order valence-electron chi connectivity index (χ4n) is 6.75. The summed E-state index contributed by atoms with van der Waals surface area (Å²) < 4.78 is 11.4. The van der Waals surface area contributed by atoms with Gasteiger partial charge in [-0.15, -0.1) is 0 Å². The largest absolute Gasteiger partial charge is 0.489 e. The first-order chi connectivity index (χ1) is 16.7. The van der Waals surface area contributed by atoms with Gasteiger partial charge in [0.1, 0.15) is 0 Å². The summed E-state index contributed by atoms with van der Waals surface area (Å²) in [6, 6.07) is 2.52. The predicted molar refractivity (Wildman–Crippen MR) is 131 cm³/mol. The Bertz CT molecular complexity index is 871. The lowest BCUT2D eigenvalue weighted by Crippen LogP contribution is -2.47. The Balaban J connectivity index is 0.906. The molecule has 2 atom stereocenters. The first-order valence-electron chi connectivity index (χ1n) is 13.7. The van der Waals surface area contributed by atoms with Gasteiger partial charge in [0.15, 0.2) is 11.6 Å². The molecule has 1 unspecified atom stereocenters. The van der Waals surface area contributed by atoms with E-state index < -0.39 is 0 Å². The number of carbonyl (C=O) groups is 1. The zero-order valence-corrected chi connectivity index (χ0v) is 20.5. The SMILES string of the molecule is O=C(N[C@H]1CC12CCC(CCN1CCN(c3nccc4c3OCC4)CC1)CC2)C1CCCOC1. The predicted octanol–water partition coefficient (Wildman–Crippen LogP) is 3.02. The van der Waals surface area contributed by atoms with Gasteiger partial charge in [-0.2, -0.15) is 0 Å². The van der Waals surface area contributed by atoms with Crippen molar-refractivity contribution in [3.8, 4) is 5.75 Å². The Morgan fingerprint density at radius 3 is 2.79 bits per heavy atom. The number of nitrogens with zero attached hydrogens (tertiary/aromatic N) is 3. The summed E-state index contributed by atoms with van der Waals surface area (Å²) in [5.41, 5.74) is 1.72. The second-order valence-corrected chi connectivity index (χ2v) is 11.3. The molecule has 5 aliphatic rings. The van der Waals surface area contributed by atoms with E-state index in [9.17, 15) is 4.79 Å². The van der Waals surface area contributed by atoms with Crippen LogP contribution in [0.1, 0.15) is 56.9 Å². The Morgan fingerprint density at radius 1 is 1.15 bits per heavy atom. The van der Waals surface area contributed by atoms with Crippen LogP contribution in [-0.4, -0.2) is 74.4 Å². The van der Waals surface area contributed by atoms with Crippen molar-refractivity contribution in [2.75, 3.05) is 57.4 Å². The molecule has 1 amide bonds. The van der Waals surface area contributed by atoms with Crippen molar-refractivity contribution in [2.45, 2.75) is 63.8 Å². The average Bonchev–Trinajstić information content (AvgIpc) is 3.30. The van der Waals surface area contributed by atoms with Crippen molar-refractivity contribution >= 4 is 11.7 Å². The summed E-state index contributed by atoms with van der Waals surface area (Å²) in [6.07, 6.45) is 12.7. The molecule has 4 fully saturated rings. The van der Waals surface area contributed by atoms with Gasteiger partial charge in [0.2, 0.25) is 5.91 Å². The lowest BCUT2D eigenvalue weighted by atomic mass is 9.78. The van der Waals surface area contributed by atoms with Crippen LogP contribution in [0, 0.1) is 17.3 Å². The molecule has 2 aliphatic carbocycles. The fourth-order valence-corrected chi connectivity index (χ4v) is 6.75. The highest BCUT2D eigenvalue weighted by atomic mass is 16.5. The highest BCUT2D eigenvalue weighted by molar-refractivity contribution is 5.79. The number of hydrogen-bond acceptors (Lipinski definition) is 6. The highest BCUT2D eigenvalue weighted by Gasteiger charge is 2.55. The Kier molecular flexibility index (Phi) is 6.41. The number of fused-ring (bicyclic) bond motifs is 1. The zero-order valence-electron chi connectivity index (χ0n) is 20.5. The molecule has 34 heavy (non-hydrogen) atoms. The standard InChI is InChI=1S/C27H40N4O3/c32-26(22-2-1-16-33-19-22)29-23-18-27(23)8-3-20(4-9-27)6-11-30-12-14-31(15-13-30)25-24-21(5-10-28-25)7-17-34-24/h5,10,20,22-23H,1-4,6-9,11-19H2,(H,29,32)/t20?,22?,23-,27?/m0/s1. The number of ether oxygens (including phenoxy) is 2. The van der Waals surface area contributed by atoms with Gasteiger partial charge in [0, 0.05) is 57.0 Å². The molecule has 3 aliphatic heterocycles. The van der Waals surface area contributed by atoms with Crippen LogP contribution in [0.4, 0.5) is 5.82 Å². The fraction of sp³-hybridized carbons (Fsp3) is 0.778. The van der Waals surface area contributed by atoms with Gasteiger partial charge < -0.3 is 19.7 Å². The van der Waals surface area contributed by atoms with Crippen molar-refractivity contribution in [1.82, 2.24) is 15.2 Å².